The highest BCUT2D eigenvalue weighted by Gasteiger charge is 2.24. The van der Waals surface area contributed by atoms with E-state index in [1.807, 2.05) is 0 Å². The topological polar surface area (TPSA) is 148 Å². The number of carbonyl (C=O) groups is 2. The summed E-state index contributed by atoms with van der Waals surface area (Å²) >= 11 is 0. The van der Waals surface area contributed by atoms with E-state index in [0.717, 1.165) is 12.1 Å². The van der Waals surface area contributed by atoms with E-state index in [4.69, 9.17) is 0 Å². The number of rotatable bonds is 5. The number of nitro groups is 1. The Hall–Kier alpha value is -3.47. The molecule has 0 atom stereocenters. The lowest BCUT2D eigenvalue weighted by Crippen LogP contribution is -2.31. The second-order valence-electron chi connectivity index (χ2n) is 4.94. The number of hydrogen-bond acceptors (Lipinski definition) is 6. The Morgan fingerprint density at radius 1 is 1.04 bits per heavy atom. The third-order valence-electron chi connectivity index (χ3n) is 3.22. The molecule has 0 aliphatic carbocycles. The summed E-state index contributed by atoms with van der Waals surface area (Å²) in [7, 11) is -2.83. The number of amides is 3. The highest BCUT2D eigenvalue weighted by atomic mass is 32.2. The van der Waals surface area contributed by atoms with Gasteiger partial charge in [0, 0.05) is 18.8 Å². The van der Waals surface area contributed by atoms with Crippen molar-refractivity contribution in [2.75, 3.05) is 12.4 Å². The standard InChI is InChI=1S/C15H14N4O6S/c1-16-15(21)17-10-6-8-11(9-7-10)26(24,25)18-14(20)12-4-2-3-5-13(12)19(22)23/h2-9H,1H3,(H,18,20)(H2,16,17,21). The molecule has 136 valence electrons. The van der Waals surface area contributed by atoms with Crippen LogP contribution >= 0.6 is 0 Å². The number of urea groups is 1. The van der Waals surface area contributed by atoms with Crippen LogP contribution in [0.5, 0.6) is 0 Å². The van der Waals surface area contributed by atoms with E-state index >= 15 is 0 Å². The van der Waals surface area contributed by atoms with Gasteiger partial charge in [-0.1, -0.05) is 12.1 Å². The van der Waals surface area contributed by atoms with Crippen LogP contribution in [0.3, 0.4) is 0 Å². The molecule has 0 radical (unpaired) electrons. The van der Waals surface area contributed by atoms with Crippen molar-refractivity contribution in [1.29, 1.82) is 0 Å². The number of nitrogens with one attached hydrogen (secondary N) is 3. The fraction of sp³-hybridized carbons (Fsp3) is 0.0667. The van der Waals surface area contributed by atoms with Crippen LogP contribution in [-0.2, 0) is 10.0 Å². The van der Waals surface area contributed by atoms with E-state index in [1.54, 1.807) is 4.72 Å². The van der Waals surface area contributed by atoms with Crippen molar-refractivity contribution in [3.05, 3.63) is 64.2 Å². The van der Waals surface area contributed by atoms with Crippen LogP contribution in [0.25, 0.3) is 0 Å². The smallest absolute Gasteiger partial charge is 0.318 e. The zero-order valence-corrected chi connectivity index (χ0v) is 14.2. The van der Waals surface area contributed by atoms with Crippen molar-refractivity contribution in [3.63, 3.8) is 0 Å². The summed E-state index contributed by atoms with van der Waals surface area (Å²) in [6.45, 7) is 0. The summed E-state index contributed by atoms with van der Waals surface area (Å²) in [6, 6.07) is 9.54. The van der Waals surface area contributed by atoms with E-state index in [0.29, 0.717) is 5.69 Å². The molecule has 0 heterocycles. The molecule has 11 heteroatoms. The van der Waals surface area contributed by atoms with Crippen LogP contribution in [0.4, 0.5) is 16.2 Å². The van der Waals surface area contributed by atoms with Gasteiger partial charge >= 0.3 is 6.03 Å². The highest BCUT2D eigenvalue weighted by Crippen LogP contribution is 2.19. The zero-order valence-electron chi connectivity index (χ0n) is 13.4. The Kier molecular flexibility index (Phi) is 5.52. The van der Waals surface area contributed by atoms with E-state index in [-0.39, 0.29) is 10.5 Å². The second-order valence-corrected chi connectivity index (χ2v) is 6.62. The summed E-state index contributed by atoms with van der Waals surface area (Å²) in [4.78, 5) is 33.3. The van der Waals surface area contributed by atoms with Crippen molar-refractivity contribution < 1.29 is 22.9 Å². The van der Waals surface area contributed by atoms with Gasteiger partial charge in [-0.25, -0.2) is 17.9 Å². The molecule has 26 heavy (non-hydrogen) atoms. The summed E-state index contributed by atoms with van der Waals surface area (Å²) in [5.74, 6) is -1.12. The minimum absolute atomic E-state index is 0.244. The van der Waals surface area contributed by atoms with E-state index < -0.39 is 32.6 Å². The summed E-state index contributed by atoms with van der Waals surface area (Å²) in [6.07, 6.45) is 0. The Morgan fingerprint density at radius 3 is 2.23 bits per heavy atom. The predicted octanol–water partition coefficient (Wildman–Crippen LogP) is 1.46. The number of carbonyl (C=O) groups excluding carboxylic acids is 2. The van der Waals surface area contributed by atoms with Crippen LogP contribution in [-0.4, -0.2) is 32.3 Å². The van der Waals surface area contributed by atoms with E-state index in [9.17, 15) is 28.1 Å². The Bertz CT molecular complexity index is 956. The fourth-order valence-corrected chi connectivity index (χ4v) is 2.94. The molecule has 3 amide bonds. The molecule has 2 aromatic rings. The van der Waals surface area contributed by atoms with Gasteiger partial charge in [0.15, 0.2) is 0 Å². The average Bonchev–Trinajstić information content (AvgIpc) is 2.61. The minimum atomic E-state index is -4.25. The third kappa shape index (κ3) is 4.33. The van der Waals surface area contributed by atoms with Crippen molar-refractivity contribution in [3.8, 4) is 0 Å². The van der Waals surface area contributed by atoms with Gasteiger partial charge < -0.3 is 10.6 Å². The number of sulfonamides is 1. The lowest BCUT2D eigenvalue weighted by atomic mass is 10.2. The highest BCUT2D eigenvalue weighted by molar-refractivity contribution is 7.90. The molecule has 0 aliphatic rings. The van der Waals surface area contributed by atoms with Gasteiger partial charge in [-0.05, 0) is 30.3 Å². The van der Waals surface area contributed by atoms with Gasteiger partial charge in [0.1, 0.15) is 5.56 Å². The number of nitro benzene ring substituents is 1. The first kappa shape index (κ1) is 18.9. The first-order chi connectivity index (χ1) is 12.2. The molecule has 3 N–H and O–H groups in total. The quantitative estimate of drug-likeness (QED) is 0.530. The fourth-order valence-electron chi connectivity index (χ4n) is 1.97. The third-order valence-corrected chi connectivity index (χ3v) is 4.57. The summed E-state index contributed by atoms with van der Waals surface area (Å²) in [5, 5.41) is 15.7. The second kappa shape index (κ2) is 7.61. The molecule has 0 aliphatic heterocycles. The first-order valence-corrected chi connectivity index (χ1v) is 8.62. The number of nitrogens with zero attached hydrogens (tertiary/aromatic N) is 1. The normalized spacial score (nSPS) is 10.7. The Morgan fingerprint density at radius 2 is 1.65 bits per heavy atom. The molecule has 0 saturated heterocycles. The van der Waals surface area contributed by atoms with Gasteiger partial charge in [0.05, 0.1) is 9.82 Å². The lowest BCUT2D eigenvalue weighted by molar-refractivity contribution is -0.385. The van der Waals surface area contributed by atoms with Crippen molar-refractivity contribution in [2.45, 2.75) is 4.90 Å². The first-order valence-electron chi connectivity index (χ1n) is 7.14. The number of anilines is 1. The molecular weight excluding hydrogens is 364 g/mol. The van der Waals surface area contributed by atoms with Crippen LogP contribution in [0, 0.1) is 10.1 Å². The SMILES string of the molecule is CNC(=O)Nc1ccc(S(=O)(=O)NC(=O)c2ccccc2[N+](=O)[O-])cc1. The van der Waals surface area contributed by atoms with Crippen LogP contribution in [0.2, 0.25) is 0 Å². The van der Waals surface area contributed by atoms with Crippen molar-refractivity contribution >= 4 is 33.3 Å². The number of benzene rings is 2. The van der Waals surface area contributed by atoms with Gasteiger partial charge in [0.2, 0.25) is 0 Å². The zero-order chi connectivity index (χ0) is 19.3. The van der Waals surface area contributed by atoms with Gasteiger partial charge in [-0.2, -0.15) is 0 Å². The predicted molar refractivity (Wildman–Crippen MR) is 92.3 cm³/mol. The Balaban J connectivity index is 2.22. The van der Waals surface area contributed by atoms with E-state index in [1.165, 1.54) is 43.4 Å². The maximum Gasteiger partial charge on any atom is 0.318 e. The molecule has 0 spiro atoms. The van der Waals surface area contributed by atoms with E-state index in [2.05, 4.69) is 10.6 Å². The molecule has 0 unspecified atom stereocenters. The van der Waals surface area contributed by atoms with Crippen LogP contribution < -0.4 is 15.4 Å². The molecule has 2 aromatic carbocycles. The molecule has 0 saturated carbocycles. The lowest BCUT2D eigenvalue weighted by Gasteiger charge is -2.09. The molecular formula is C15H14N4O6S. The number of para-hydroxylation sites is 1. The molecule has 0 bridgehead atoms. The summed E-state index contributed by atoms with van der Waals surface area (Å²) < 4.78 is 26.4. The molecule has 0 fully saturated rings. The number of hydrogen-bond donors (Lipinski definition) is 3. The maximum absolute atomic E-state index is 12.3. The van der Waals surface area contributed by atoms with Crippen molar-refractivity contribution in [1.82, 2.24) is 10.0 Å². The van der Waals surface area contributed by atoms with Gasteiger partial charge in [-0.15, -0.1) is 0 Å². The largest absolute Gasteiger partial charge is 0.341 e. The average molecular weight is 378 g/mol. The van der Waals surface area contributed by atoms with Gasteiger partial charge in [0.25, 0.3) is 21.6 Å². The van der Waals surface area contributed by atoms with Crippen LogP contribution in [0.15, 0.2) is 53.4 Å². The minimum Gasteiger partial charge on any atom is -0.341 e. The molecule has 0 aromatic heterocycles. The monoisotopic (exact) mass is 378 g/mol. The summed E-state index contributed by atoms with van der Waals surface area (Å²) in [5.41, 5.74) is -0.544. The maximum atomic E-state index is 12.3. The molecule has 2 rings (SSSR count). The van der Waals surface area contributed by atoms with Gasteiger partial charge in [-0.3, -0.25) is 14.9 Å². The Labute approximate surface area is 148 Å². The van der Waals surface area contributed by atoms with Crippen molar-refractivity contribution in [2.24, 2.45) is 0 Å². The molecule has 10 nitrogen and oxygen atoms in total. The van der Waals surface area contributed by atoms with Crippen LogP contribution in [0.1, 0.15) is 10.4 Å².